The van der Waals surface area contributed by atoms with Crippen molar-refractivity contribution in [3.63, 3.8) is 0 Å². The molecule has 186 valence electrons. The number of aliphatic carboxylic acids is 1. The van der Waals surface area contributed by atoms with E-state index in [4.69, 9.17) is 9.84 Å². The summed E-state index contributed by atoms with van der Waals surface area (Å²) in [7, 11) is 0. The normalized spacial score (nSPS) is 20.0. The number of amides is 2. The third kappa shape index (κ3) is 5.61. The third-order valence-corrected chi connectivity index (χ3v) is 6.78. The van der Waals surface area contributed by atoms with Crippen LogP contribution >= 0.6 is 0 Å². The smallest absolute Gasteiger partial charge is 0.407 e. The van der Waals surface area contributed by atoms with Gasteiger partial charge in [-0.1, -0.05) is 61.4 Å². The molecule has 0 radical (unpaired) electrons. The Balaban J connectivity index is 1.38. The Hall–Kier alpha value is -3.49. The van der Waals surface area contributed by atoms with E-state index in [0.29, 0.717) is 19.3 Å². The Bertz CT molecular complexity index is 1050. The molecule has 1 unspecified atom stereocenters. The van der Waals surface area contributed by atoms with Crippen LogP contribution in [0, 0.1) is 5.92 Å². The summed E-state index contributed by atoms with van der Waals surface area (Å²) in [5.41, 5.74) is 4.38. The maximum absolute atomic E-state index is 12.7. The Morgan fingerprint density at radius 3 is 2.17 bits per heavy atom. The van der Waals surface area contributed by atoms with Gasteiger partial charge in [0.15, 0.2) is 0 Å². The number of carbonyl (C=O) groups is 3. The van der Waals surface area contributed by atoms with Crippen LogP contribution in [-0.2, 0) is 14.3 Å². The van der Waals surface area contributed by atoms with Gasteiger partial charge in [-0.3, -0.25) is 4.79 Å². The third-order valence-electron chi connectivity index (χ3n) is 6.78. The van der Waals surface area contributed by atoms with Crippen LogP contribution in [-0.4, -0.2) is 48.2 Å². The molecular formula is C26H28F2N2O5. The van der Waals surface area contributed by atoms with E-state index in [1.165, 1.54) is 0 Å². The van der Waals surface area contributed by atoms with Crippen molar-refractivity contribution < 1.29 is 33.0 Å². The average Bonchev–Trinajstić information content (AvgIpc) is 3.16. The molecular weight excluding hydrogens is 458 g/mol. The molecule has 2 amide bonds. The molecule has 1 saturated carbocycles. The molecule has 0 aromatic heterocycles. The van der Waals surface area contributed by atoms with Crippen molar-refractivity contribution in [1.29, 1.82) is 0 Å². The van der Waals surface area contributed by atoms with Gasteiger partial charge in [-0.2, -0.15) is 0 Å². The molecule has 0 saturated heterocycles. The second-order valence-corrected chi connectivity index (χ2v) is 8.99. The van der Waals surface area contributed by atoms with Crippen molar-refractivity contribution in [1.82, 2.24) is 10.6 Å². The summed E-state index contributed by atoms with van der Waals surface area (Å²) in [6.07, 6.45) is -2.09. The van der Waals surface area contributed by atoms with E-state index in [1.54, 1.807) is 0 Å². The van der Waals surface area contributed by atoms with Crippen LogP contribution in [0.15, 0.2) is 48.5 Å². The lowest BCUT2D eigenvalue weighted by atomic mass is 9.83. The molecule has 3 atom stereocenters. The van der Waals surface area contributed by atoms with E-state index in [2.05, 4.69) is 10.6 Å². The van der Waals surface area contributed by atoms with Crippen LogP contribution in [0.3, 0.4) is 0 Å². The number of alkyl carbamates (subject to hydrolysis) is 1. The van der Waals surface area contributed by atoms with Gasteiger partial charge in [0.25, 0.3) is 0 Å². The SMILES string of the molecule is O=C(N[C@@H]1CCCC[C@@H]1C(=O)NC(CC(F)F)C(=O)O)OCC1c2ccccc2-c2ccccc21. The first-order valence-corrected chi connectivity index (χ1v) is 11.8. The monoisotopic (exact) mass is 486 g/mol. The number of alkyl halides is 2. The van der Waals surface area contributed by atoms with Gasteiger partial charge >= 0.3 is 12.1 Å². The molecule has 9 heteroatoms. The fourth-order valence-electron chi connectivity index (χ4n) is 5.09. The summed E-state index contributed by atoms with van der Waals surface area (Å²) in [4.78, 5) is 36.7. The lowest BCUT2D eigenvalue weighted by Gasteiger charge is -2.31. The molecule has 0 bridgehead atoms. The standard InChI is InChI=1S/C26H28F2N2O5/c27-23(28)13-22(25(32)33)29-24(31)19-11-5-6-12-21(19)30-26(34)35-14-20-17-9-3-1-7-15(17)16-8-2-4-10-18(16)20/h1-4,7-10,19-23H,5-6,11-14H2,(H,29,31)(H,30,34)(H,32,33)/t19-,21+,22?/m0/s1. The van der Waals surface area contributed by atoms with Crippen molar-refractivity contribution in [2.75, 3.05) is 6.61 Å². The lowest BCUT2D eigenvalue weighted by Crippen LogP contribution is -2.52. The predicted octanol–water partition coefficient (Wildman–Crippen LogP) is 4.31. The highest BCUT2D eigenvalue weighted by atomic mass is 19.3. The molecule has 35 heavy (non-hydrogen) atoms. The number of nitrogens with one attached hydrogen (secondary N) is 2. The highest BCUT2D eigenvalue weighted by Crippen LogP contribution is 2.44. The molecule has 0 aliphatic heterocycles. The molecule has 4 rings (SSSR count). The van der Waals surface area contributed by atoms with Gasteiger partial charge in [-0.15, -0.1) is 0 Å². The molecule has 2 aliphatic carbocycles. The summed E-state index contributed by atoms with van der Waals surface area (Å²) in [6.45, 7) is 0.124. The number of rotatable bonds is 8. The highest BCUT2D eigenvalue weighted by Gasteiger charge is 2.35. The number of halogens is 2. The van der Waals surface area contributed by atoms with Crippen molar-refractivity contribution in [3.05, 3.63) is 59.7 Å². The Kier molecular flexibility index (Phi) is 7.63. The first-order valence-electron chi connectivity index (χ1n) is 11.8. The number of ether oxygens (including phenoxy) is 1. The van der Waals surface area contributed by atoms with Crippen LogP contribution in [0.25, 0.3) is 11.1 Å². The zero-order valence-electron chi connectivity index (χ0n) is 19.1. The minimum absolute atomic E-state index is 0.107. The maximum atomic E-state index is 12.7. The molecule has 3 N–H and O–H groups in total. The number of hydrogen-bond donors (Lipinski definition) is 3. The molecule has 2 aromatic rings. The van der Waals surface area contributed by atoms with Crippen molar-refractivity contribution in [2.24, 2.45) is 5.92 Å². The molecule has 2 aliphatic rings. The molecule has 2 aromatic carbocycles. The van der Waals surface area contributed by atoms with Gasteiger partial charge in [0.05, 0.1) is 5.92 Å². The zero-order chi connectivity index (χ0) is 24.9. The van der Waals surface area contributed by atoms with Crippen molar-refractivity contribution in [2.45, 2.75) is 56.5 Å². The maximum Gasteiger partial charge on any atom is 0.407 e. The van der Waals surface area contributed by atoms with E-state index < -0.39 is 48.8 Å². The number of carbonyl (C=O) groups excluding carboxylic acids is 2. The first kappa shape index (κ1) is 24.6. The van der Waals surface area contributed by atoms with Crippen LogP contribution in [0.4, 0.5) is 13.6 Å². The van der Waals surface area contributed by atoms with Gasteiger partial charge in [-0.05, 0) is 35.1 Å². The van der Waals surface area contributed by atoms with Crippen molar-refractivity contribution in [3.8, 4) is 11.1 Å². The fourth-order valence-corrected chi connectivity index (χ4v) is 5.09. The fraction of sp³-hybridized carbons (Fsp3) is 0.423. The quantitative estimate of drug-likeness (QED) is 0.516. The lowest BCUT2D eigenvalue weighted by molar-refractivity contribution is -0.144. The second kappa shape index (κ2) is 10.8. The Labute approximate surface area is 201 Å². The largest absolute Gasteiger partial charge is 0.480 e. The van der Waals surface area contributed by atoms with Gasteiger partial charge in [0.1, 0.15) is 12.6 Å². The summed E-state index contributed by atoms with van der Waals surface area (Å²) < 4.78 is 31.0. The van der Waals surface area contributed by atoms with Gasteiger partial charge in [0, 0.05) is 18.4 Å². The van der Waals surface area contributed by atoms with Crippen LogP contribution in [0.1, 0.15) is 49.1 Å². The number of carboxylic acids is 1. The zero-order valence-corrected chi connectivity index (χ0v) is 19.1. The predicted molar refractivity (Wildman–Crippen MR) is 124 cm³/mol. The molecule has 7 nitrogen and oxygen atoms in total. The van der Waals surface area contributed by atoms with Gasteiger partial charge < -0.3 is 20.5 Å². The topological polar surface area (TPSA) is 105 Å². The van der Waals surface area contributed by atoms with E-state index in [-0.39, 0.29) is 12.5 Å². The number of hydrogen-bond acceptors (Lipinski definition) is 4. The summed E-state index contributed by atoms with van der Waals surface area (Å²) in [6, 6.07) is 13.7. The second-order valence-electron chi connectivity index (χ2n) is 8.99. The van der Waals surface area contributed by atoms with Crippen LogP contribution in [0.5, 0.6) is 0 Å². The highest BCUT2D eigenvalue weighted by molar-refractivity contribution is 5.86. The molecule has 1 fully saturated rings. The minimum Gasteiger partial charge on any atom is -0.480 e. The van der Waals surface area contributed by atoms with Crippen molar-refractivity contribution >= 4 is 18.0 Å². The van der Waals surface area contributed by atoms with E-state index in [9.17, 15) is 23.2 Å². The number of carboxylic acid groups (broad SMARTS) is 1. The van der Waals surface area contributed by atoms with Crippen LogP contribution in [0.2, 0.25) is 0 Å². The van der Waals surface area contributed by atoms with E-state index in [0.717, 1.165) is 28.7 Å². The summed E-state index contributed by atoms with van der Waals surface area (Å²) >= 11 is 0. The van der Waals surface area contributed by atoms with Gasteiger partial charge in [-0.25, -0.2) is 18.4 Å². The number of fused-ring (bicyclic) bond motifs is 3. The minimum atomic E-state index is -2.86. The Morgan fingerprint density at radius 1 is 0.971 bits per heavy atom. The Morgan fingerprint density at radius 2 is 1.57 bits per heavy atom. The van der Waals surface area contributed by atoms with E-state index >= 15 is 0 Å². The average molecular weight is 487 g/mol. The van der Waals surface area contributed by atoms with E-state index in [1.807, 2.05) is 48.5 Å². The molecule has 0 spiro atoms. The summed E-state index contributed by atoms with van der Waals surface area (Å²) in [5.74, 6) is -3.00. The summed E-state index contributed by atoms with van der Waals surface area (Å²) in [5, 5.41) is 14.1. The van der Waals surface area contributed by atoms with Crippen LogP contribution < -0.4 is 10.6 Å². The van der Waals surface area contributed by atoms with Gasteiger partial charge in [0.2, 0.25) is 12.3 Å². The molecule has 0 heterocycles. The first-order chi connectivity index (χ1) is 16.8. The number of benzene rings is 2.